The van der Waals surface area contributed by atoms with Crippen molar-refractivity contribution >= 4 is 5.71 Å². The van der Waals surface area contributed by atoms with E-state index in [0.29, 0.717) is 24.7 Å². The van der Waals surface area contributed by atoms with Crippen LogP contribution in [0.4, 0.5) is 0 Å². The third-order valence-corrected chi connectivity index (χ3v) is 4.50. The van der Waals surface area contributed by atoms with Crippen LogP contribution in [0.25, 0.3) is 0 Å². The Hall–Kier alpha value is -2.60. The third-order valence-electron chi connectivity index (χ3n) is 4.50. The fraction of sp³-hybridized carbons (Fsp3) is 0.368. The quantitative estimate of drug-likeness (QED) is 0.837. The first-order chi connectivity index (χ1) is 12.3. The van der Waals surface area contributed by atoms with Crippen LogP contribution >= 0.6 is 0 Å². The van der Waals surface area contributed by atoms with Gasteiger partial charge in [0.2, 0.25) is 0 Å². The molecule has 2 aromatic rings. The van der Waals surface area contributed by atoms with E-state index < -0.39 is 0 Å². The summed E-state index contributed by atoms with van der Waals surface area (Å²) in [7, 11) is 1.63. The molecule has 0 radical (unpaired) electrons. The average Bonchev–Trinajstić information content (AvgIpc) is 3.31. The summed E-state index contributed by atoms with van der Waals surface area (Å²) < 4.78 is 16.8. The molecule has 0 bridgehead atoms. The van der Waals surface area contributed by atoms with Crippen molar-refractivity contribution in [1.82, 2.24) is 4.98 Å². The Balaban J connectivity index is 1.52. The fourth-order valence-electron chi connectivity index (χ4n) is 3.08. The van der Waals surface area contributed by atoms with E-state index in [2.05, 4.69) is 10.1 Å². The van der Waals surface area contributed by atoms with Crippen molar-refractivity contribution in [3.05, 3.63) is 53.9 Å². The smallest absolute Gasteiger partial charge is 0.168 e. The molecule has 0 N–H and O–H groups in total. The van der Waals surface area contributed by atoms with E-state index in [1.54, 1.807) is 13.3 Å². The minimum atomic E-state index is -0.287. The number of hydrogen-bond donors (Lipinski definition) is 0. The Kier molecular flexibility index (Phi) is 4.28. The lowest BCUT2D eigenvalue weighted by molar-refractivity contribution is -0.0237. The van der Waals surface area contributed by atoms with Crippen LogP contribution in [0.5, 0.6) is 11.5 Å². The van der Waals surface area contributed by atoms with Gasteiger partial charge in [-0.3, -0.25) is 4.98 Å². The molecule has 1 aromatic heterocycles. The second-order valence-electron chi connectivity index (χ2n) is 6.27. The number of aromatic nitrogens is 1. The van der Waals surface area contributed by atoms with Crippen LogP contribution in [-0.2, 0) is 16.2 Å². The molecular formula is C19H20N2O4. The van der Waals surface area contributed by atoms with E-state index in [4.69, 9.17) is 19.0 Å². The maximum absolute atomic E-state index is 5.92. The van der Waals surface area contributed by atoms with Gasteiger partial charge in [-0.25, -0.2) is 0 Å². The van der Waals surface area contributed by atoms with Gasteiger partial charge in [-0.1, -0.05) is 11.2 Å². The van der Waals surface area contributed by atoms with E-state index >= 15 is 0 Å². The van der Waals surface area contributed by atoms with E-state index in [0.717, 1.165) is 36.4 Å². The minimum absolute atomic E-state index is 0.287. The Bertz CT molecular complexity index is 770. The summed E-state index contributed by atoms with van der Waals surface area (Å²) >= 11 is 0. The molecule has 25 heavy (non-hydrogen) atoms. The molecule has 1 aromatic carbocycles. The van der Waals surface area contributed by atoms with Gasteiger partial charge >= 0.3 is 0 Å². The van der Waals surface area contributed by atoms with Crippen LogP contribution in [0.2, 0.25) is 0 Å². The summed E-state index contributed by atoms with van der Waals surface area (Å²) in [6.45, 7) is 1.70. The summed E-state index contributed by atoms with van der Waals surface area (Å²) in [5.74, 6) is 1.34. The molecule has 1 unspecified atom stereocenters. The highest BCUT2D eigenvalue weighted by Crippen LogP contribution is 2.36. The standard InChI is InChI=1S/C19H20N2O4/c1-22-17-6-5-14(16-11-19(25-21-16)7-9-23-13-19)10-18(17)24-12-15-4-2-3-8-20-15/h2-6,8,10H,7,9,11-13H2,1H3. The second-order valence-corrected chi connectivity index (χ2v) is 6.27. The molecule has 1 spiro atoms. The van der Waals surface area contributed by atoms with Crippen molar-refractivity contribution in [3.8, 4) is 11.5 Å². The van der Waals surface area contributed by atoms with Crippen LogP contribution in [0.1, 0.15) is 24.1 Å². The van der Waals surface area contributed by atoms with Crippen molar-refractivity contribution in [2.75, 3.05) is 20.3 Å². The van der Waals surface area contributed by atoms with Crippen LogP contribution in [0, 0.1) is 0 Å². The lowest BCUT2D eigenvalue weighted by Crippen LogP contribution is -2.29. The zero-order valence-electron chi connectivity index (χ0n) is 14.1. The normalized spacial score (nSPS) is 21.9. The predicted octanol–water partition coefficient (Wildman–Crippen LogP) is 2.95. The first-order valence-corrected chi connectivity index (χ1v) is 8.32. The molecule has 1 saturated heterocycles. The van der Waals surface area contributed by atoms with E-state index in [9.17, 15) is 0 Å². The lowest BCUT2D eigenvalue weighted by atomic mass is 9.93. The molecule has 2 aliphatic rings. The number of rotatable bonds is 5. The van der Waals surface area contributed by atoms with Crippen LogP contribution in [0.15, 0.2) is 47.8 Å². The lowest BCUT2D eigenvalue weighted by Gasteiger charge is -2.17. The summed E-state index contributed by atoms with van der Waals surface area (Å²) in [5.41, 5.74) is 2.46. The molecular weight excluding hydrogens is 320 g/mol. The molecule has 3 heterocycles. The summed E-state index contributed by atoms with van der Waals surface area (Å²) in [6, 6.07) is 11.6. The van der Waals surface area contributed by atoms with Gasteiger partial charge in [-0.2, -0.15) is 0 Å². The number of nitrogens with zero attached hydrogens (tertiary/aromatic N) is 2. The highest BCUT2D eigenvalue weighted by atomic mass is 16.7. The Morgan fingerprint density at radius 1 is 1.20 bits per heavy atom. The topological polar surface area (TPSA) is 62.2 Å². The zero-order chi connectivity index (χ0) is 17.1. The average molecular weight is 340 g/mol. The number of oxime groups is 1. The van der Waals surface area contributed by atoms with Crippen LogP contribution in [-0.4, -0.2) is 36.6 Å². The molecule has 1 fully saturated rings. The van der Waals surface area contributed by atoms with Gasteiger partial charge in [-0.05, 0) is 30.3 Å². The summed E-state index contributed by atoms with van der Waals surface area (Å²) in [4.78, 5) is 9.95. The summed E-state index contributed by atoms with van der Waals surface area (Å²) in [6.07, 6.45) is 3.37. The van der Waals surface area contributed by atoms with Gasteiger partial charge in [0.05, 0.1) is 31.7 Å². The van der Waals surface area contributed by atoms with Crippen molar-refractivity contribution in [1.29, 1.82) is 0 Å². The predicted molar refractivity (Wildman–Crippen MR) is 92.0 cm³/mol. The van der Waals surface area contributed by atoms with Gasteiger partial charge in [0.15, 0.2) is 17.1 Å². The van der Waals surface area contributed by atoms with Crippen molar-refractivity contribution < 1.29 is 19.0 Å². The Morgan fingerprint density at radius 3 is 2.92 bits per heavy atom. The second kappa shape index (κ2) is 6.72. The Morgan fingerprint density at radius 2 is 2.16 bits per heavy atom. The number of pyridine rings is 1. The van der Waals surface area contributed by atoms with Gasteiger partial charge in [0.1, 0.15) is 6.61 Å². The molecule has 1 atom stereocenters. The van der Waals surface area contributed by atoms with Gasteiger partial charge in [0.25, 0.3) is 0 Å². The first kappa shape index (κ1) is 15.9. The van der Waals surface area contributed by atoms with Crippen LogP contribution in [0.3, 0.4) is 0 Å². The number of benzene rings is 1. The monoisotopic (exact) mass is 340 g/mol. The highest BCUT2D eigenvalue weighted by Gasteiger charge is 2.43. The molecule has 0 amide bonds. The molecule has 0 aliphatic carbocycles. The molecule has 6 heteroatoms. The highest BCUT2D eigenvalue weighted by molar-refractivity contribution is 6.02. The van der Waals surface area contributed by atoms with Gasteiger partial charge in [-0.15, -0.1) is 0 Å². The van der Waals surface area contributed by atoms with Crippen molar-refractivity contribution in [2.24, 2.45) is 5.16 Å². The SMILES string of the molecule is COc1ccc(C2=NOC3(CCOC3)C2)cc1OCc1ccccn1. The van der Waals surface area contributed by atoms with E-state index in [1.165, 1.54) is 0 Å². The maximum atomic E-state index is 5.92. The van der Waals surface area contributed by atoms with Crippen LogP contribution < -0.4 is 9.47 Å². The number of hydrogen-bond acceptors (Lipinski definition) is 6. The van der Waals surface area contributed by atoms with Gasteiger partial charge in [0, 0.05) is 24.6 Å². The molecule has 4 rings (SSSR count). The number of methoxy groups -OCH3 is 1. The molecule has 6 nitrogen and oxygen atoms in total. The minimum Gasteiger partial charge on any atom is -0.493 e. The van der Waals surface area contributed by atoms with Gasteiger partial charge < -0.3 is 19.0 Å². The van der Waals surface area contributed by atoms with E-state index in [-0.39, 0.29) is 5.60 Å². The Labute approximate surface area is 146 Å². The summed E-state index contributed by atoms with van der Waals surface area (Å²) in [5, 5.41) is 4.28. The zero-order valence-corrected chi connectivity index (χ0v) is 14.1. The molecule has 2 aliphatic heterocycles. The number of ether oxygens (including phenoxy) is 3. The molecule has 130 valence electrons. The largest absolute Gasteiger partial charge is 0.493 e. The fourth-order valence-corrected chi connectivity index (χ4v) is 3.08. The first-order valence-electron chi connectivity index (χ1n) is 8.32. The van der Waals surface area contributed by atoms with Crippen molar-refractivity contribution in [3.63, 3.8) is 0 Å². The molecule has 0 saturated carbocycles. The van der Waals surface area contributed by atoms with Crippen molar-refractivity contribution in [2.45, 2.75) is 25.0 Å². The van der Waals surface area contributed by atoms with E-state index in [1.807, 2.05) is 36.4 Å². The third kappa shape index (κ3) is 3.30. The maximum Gasteiger partial charge on any atom is 0.168 e.